The van der Waals surface area contributed by atoms with Gasteiger partial charge < -0.3 is 24.7 Å². The van der Waals surface area contributed by atoms with Crippen LogP contribution < -0.4 is 20.3 Å². The summed E-state index contributed by atoms with van der Waals surface area (Å²) >= 11 is 0. The third kappa shape index (κ3) is 3.79. The van der Waals surface area contributed by atoms with Gasteiger partial charge in [0, 0.05) is 6.54 Å². The number of pyridine rings is 1. The highest BCUT2D eigenvalue weighted by molar-refractivity contribution is 5.97. The van der Waals surface area contributed by atoms with Crippen LogP contribution in [-0.2, 0) is 0 Å². The van der Waals surface area contributed by atoms with E-state index in [-0.39, 0.29) is 24.9 Å². The number of nitrogens with one attached hydrogen (secondary N) is 2. The van der Waals surface area contributed by atoms with E-state index in [1.807, 2.05) is 37.2 Å². The number of aromatic nitrogens is 1. The molecular formula is C21H20FN3O4. The maximum absolute atomic E-state index is 13.3. The summed E-state index contributed by atoms with van der Waals surface area (Å²) < 4.78 is 24.1. The lowest BCUT2D eigenvalue weighted by Crippen LogP contribution is -2.36. The van der Waals surface area contributed by atoms with Crippen LogP contribution in [0.15, 0.2) is 47.3 Å². The number of carbonyl (C=O) groups excluding carboxylic acids is 1. The number of benzene rings is 2. The summed E-state index contributed by atoms with van der Waals surface area (Å²) in [5.41, 5.74) is 0.706. The standard InChI is InChI=1S/C21H20FN3O4/c1-25(2)17(13-4-6-18-19(8-13)29-11-28-18)10-23-20(26)15-7-12-3-5-14(22)9-16(12)24-21(15)27/h3-9,17H,10-11H2,1-2H3,(H,23,26)(H,24,27). The fraction of sp³-hybridized carbons (Fsp3) is 0.238. The molecule has 2 aromatic carbocycles. The second-order valence-electron chi connectivity index (χ2n) is 7.05. The summed E-state index contributed by atoms with van der Waals surface area (Å²) in [6, 6.07) is 11.0. The van der Waals surface area contributed by atoms with Gasteiger partial charge in [0.2, 0.25) is 6.79 Å². The number of likely N-dealkylation sites (N-methyl/N-ethyl adjacent to an activating group) is 1. The molecule has 0 saturated heterocycles. The molecule has 2 heterocycles. The van der Waals surface area contributed by atoms with Crippen LogP contribution in [-0.4, -0.2) is 43.2 Å². The summed E-state index contributed by atoms with van der Waals surface area (Å²) in [6.07, 6.45) is 0. The summed E-state index contributed by atoms with van der Waals surface area (Å²) in [6.45, 7) is 0.475. The van der Waals surface area contributed by atoms with Crippen molar-refractivity contribution in [2.45, 2.75) is 6.04 Å². The Kier molecular flexibility index (Phi) is 4.94. The number of fused-ring (bicyclic) bond motifs is 2. The van der Waals surface area contributed by atoms with Crippen LogP contribution in [0.3, 0.4) is 0 Å². The van der Waals surface area contributed by atoms with Crippen LogP contribution in [0.1, 0.15) is 22.0 Å². The molecule has 1 aliphatic heterocycles. The van der Waals surface area contributed by atoms with Gasteiger partial charge in [0.25, 0.3) is 11.5 Å². The van der Waals surface area contributed by atoms with E-state index in [0.717, 1.165) is 5.56 Å². The minimum atomic E-state index is -0.565. The van der Waals surface area contributed by atoms with Crippen molar-refractivity contribution in [1.82, 2.24) is 15.2 Å². The molecule has 0 spiro atoms. The number of H-pyrrole nitrogens is 1. The van der Waals surface area contributed by atoms with Crippen molar-refractivity contribution in [3.63, 3.8) is 0 Å². The highest BCUT2D eigenvalue weighted by atomic mass is 19.1. The predicted molar refractivity (Wildman–Crippen MR) is 106 cm³/mol. The number of aromatic amines is 1. The largest absolute Gasteiger partial charge is 0.454 e. The topological polar surface area (TPSA) is 83.7 Å². The molecule has 0 aliphatic carbocycles. The molecule has 7 nitrogen and oxygen atoms in total. The van der Waals surface area contributed by atoms with E-state index < -0.39 is 17.3 Å². The molecule has 8 heteroatoms. The molecule has 0 saturated carbocycles. The Balaban J connectivity index is 1.54. The molecule has 1 unspecified atom stereocenters. The van der Waals surface area contributed by atoms with Crippen LogP contribution in [0.2, 0.25) is 0 Å². The van der Waals surface area contributed by atoms with Crippen molar-refractivity contribution < 1.29 is 18.7 Å². The van der Waals surface area contributed by atoms with E-state index >= 15 is 0 Å². The SMILES string of the molecule is CN(C)C(CNC(=O)c1cc2ccc(F)cc2[nH]c1=O)c1ccc2c(c1)OCO2. The summed E-state index contributed by atoms with van der Waals surface area (Å²) in [5, 5.41) is 3.40. The first kappa shape index (κ1) is 18.9. The van der Waals surface area contributed by atoms with Gasteiger partial charge in [-0.25, -0.2) is 4.39 Å². The third-order valence-electron chi connectivity index (χ3n) is 4.91. The molecule has 1 atom stereocenters. The average Bonchev–Trinajstić information content (AvgIpc) is 3.15. The second kappa shape index (κ2) is 7.56. The number of halogens is 1. The van der Waals surface area contributed by atoms with Gasteiger partial charge >= 0.3 is 0 Å². The fourth-order valence-corrected chi connectivity index (χ4v) is 3.35. The normalized spacial score (nSPS) is 13.7. The predicted octanol–water partition coefficient (Wildman–Crippen LogP) is 2.43. The molecular weight excluding hydrogens is 377 g/mol. The zero-order valence-electron chi connectivity index (χ0n) is 16.0. The van der Waals surface area contributed by atoms with Crippen molar-refractivity contribution in [1.29, 1.82) is 0 Å². The number of hydrogen-bond donors (Lipinski definition) is 2. The van der Waals surface area contributed by atoms with Crippen LogP contribution in [0.5, 0.6) is 11.5 Å². The molecule has 29 heavy (non-hydrogen) atoms. The van der Waals surface area contributed by atoms with E-state index in [1.54, 1.807) is 0 Å². The van der Waals surface area contributed by atoms with Gasteiger partial charge in [-0.15, -0.1) is 0 Å². The Morgan fingerprint density at radius 2 is 1.97 bits per heavy atom. The molecule has 3 aromatic rings. The number of hydrogen-bond acceptors (Lipinski definition) is 5. The van der Waals surface area contributed by atoms with E-state index in [9.17, 15) is 14.0 Å². The van der Waals surface area contributed by atoms with E-state index in [4.69, 9.17) is 9.47 Å². The summed E-state index contributed by atoms with van der Waals surface area (Å²) in [5.74, 6) is 0.404. The lowest BCUT2D eigenvalue weighted by molar-refractivity contribution is 0.0940. The van der Waals surface area contributed by atoms with Crippen LogP contribution in [0.4, 0.5) is 4.39 Å². The number of ether oxygens (including phenoxy) is 2. The van der Waals surface area contributed by atoms with Crippen molar-refractivity contribution in [2.75, 3.05) is 27.4 Å². The number of rotatable bonds is 5. The monoisotopic (exact) mass is 397 g/mol. The quantitative estimate of drug-likeness (QED) is 0.691. The molecule has 4 rings (SSSR count). The highest BCUT2D eigenvalue weighted by Crippen LogP contribution is 2.34. The molecule has 1 amide bonds. The molecule has 0 fully saturated rings. The minimum absolute atomic E-state index is 0.0210. The van der Waals surface area contributed by atoms with E-state index in [1.165, 1.54) is 24.3 Å². The second-order valence-corrected chi connectivity index (χ2v) is 7.05. The number of amides is 1. The van der Waals surface area contributed by atoms with Gasteiger partial charge in [-0.2, -0.15) is 0 Å². The van der Waals surface area contributed by atoms with Crippen molar-refractivity contribution in [3.05, 3.63) is 69.8 Å². The first-order valence-corrected chi connectivity index (χ1v) is 9.09. The van der Waals surface area contributed by atoms with Gasteiger partial charge in [-0.05, 0) is 61.4 Å². The molecule has 1 aromatic heterocycles. The molecule has 0 radical (unpaired) electrons. The first-order chi connectivity index (χ1) is 13.9. The van der Waals surface area contributed by atoms with Crippen LogP contribution in [0.25, 0.3) is 10.9 Å². The van der Waals surface area contributed by atoms with Crippen LogP contribution >= 0.6 is 0 Å². The molecule has 150 valence electrons. The Labute approximate surface area is 166 Å². The Morgan fingerprint density at radius 3 is 2.76 bits per heavy atom. The van der Waals surface area contributed by atoms with Gasteiger partial charge in [-0.1, -0.05) is 6.07 Å². The highest BCUT2D eigenvalue weighted by Gasteiger charge is 2.21. The van der Waals surface area contributed by atoms with Gasteiger partial charge in [0.05, 0.1) is 11.6 Å². The van der Waals surface area contributed by atoms with Crippen molar-refractivity contribution in [3.8, 4) is 11.5 Å². The zero-order chi connectivity index (χ0) is 20.5. The van der Waals surface area contributed by atoms with Gasteiger partial charge in [0.1, 0.15) is 11.4 Å². The number of carbonyl (C=O) groups is 1. The third-order valence-corrected chi connectivity index (χ3v) is 4.91. The van der Waals surface area contributed by atoms with Crippen molar-refractivity contribution in [2.24, 2.45) is 0 Å². The molecule has 1 aliphatic rings. The Hall–Kier alpha value is -3.39. The maximum atomic E-state index is 13.3. The van der Waals surface area contributed by atoms with E-state index in [0.29, 0.717) is 22.4 Å². The Morgan fingerprint density at radius 1 is 1.17 bits per heavy atom. The average molecular weight is 397 g/mol. The summed E-state index contributed by atoms with van der Waals surface area (Å²) in [7, 11) is 3.80. The molecule has 0 bridgehead atoms. The number of nitrogens with zero attached hydrogens (tertiary/aromatic N) is 1. The maximum Gasteiger partial charge on any atom is 0.261 e. The Bertz CT molecular complexity index is 1140. The lowest BCUT2D eigenvalue weighted by atomic mass is 10.0. The lowest BCUT2D eigenvalue weighted by Gasteiger charge is -2.25. The minimum Gasteiger partial charge on any atom is -0.454 e. The van der Waals surface area contributed by atoms with Crippen molar-refractivity contribution >= 4 is 16.8 Å². The fourth-order valence-electron chi connectivity index (χ4n) is 3.35. The summed E-state index contributed by atoms with van der Waals surface area (Å²) in [4.78, 5) is 29.5. The van der Waals surface area contributed by atoms with E-state index in [2.05, 4.69) is 10.3 Å². The zero-order valence-corrected chi connectivity index (χ0v) is 16.0. The first-order valence-electron chi connectivity index (χ1n) is 9.09. The molecule has 2 N–H and O–H groups in total. The van der Waals surface area contributed by atoms with Gasteiger partial charge in [0.15, 0.2) is 11.5 Å². The van der Waals surface area contributed by atoms with Crippen LogP contribution in [0, 0.1) is 5.82 Å². The smallest absolute Gasteiger partial charge is 0.261 e. The van der Waals surface area contributed by atoms with Gasteiger partial charge in [-0.3, -0.25) is 9.59 Å².